The van der Waals surface area contributed by atoms with Crippen molar-refractivity contribution in [2.75, 3.05) is 0 Å². The van der Waals surface area contributed by atoms with Gasteiger partial charge in [-0.3, -0.25) is 0 Å². The minimum atomic E-state index is 1.08. The predicted molar refractivity (Wildman–Crippen MR) is 129 cm³/mol. The summed E-state index contributed by atoms with van der Waals surface area (Å²) in [4.78, 5) is 0. The number of halogens is 2. The Balaban J connectivity index is 1.93. The highest BCUT2D eigenvalue weighted by molar-refractivity contribution is 9.10. The van der Waals surface area contributed by atoms with Crippen LogP contribution in [0.3, 0.4) is 0 Å². The van der Waals surface area contributed by atoms with Gasteiger partial charge in [0.05, 0.1) is 11.0 Å². The average Bonchev–Trinajstić information content (AvgIpc) is 3.01. The number of nitrogens with zero attached hydrogens (tertiary/aromatic N) is 1. The molecule has 28 heavy (non-hydrogen) atoms. The van der Waals surface area contributed by atoms with Gasteiger partial charge in [0.15, 0.2) is 0 Å². The molecule has 138 valence electrons. The lowest BCUT2D eigenvalue weighted by molar-refractivity contribution is 1.18. The minimum Gasteiger partial charge on any atom is -0.309 e. The first kappa shape index (κ1) is 19.0. The average molecular weight is 493 g/mol. The van der Waals surface area contributed by atoms with Crippen LogP contribution in [0.25, 0.3) is 33.1 Å². The molecule has 0 unspecified atom stereocenters. The summed E-state index contributed by atoms with van der Waals surface area (Å²) >= 11 is 7.23. The number of hydrogen-bond acceptors (Lipinski definition) is 0. The molecule has 1 aromatic heterocycles. The number of aromatic nitrogens is 1. The van der Waals surface area contributed by atoms with Crippen molar-refractivity contribution in [2.45, 2.75) is 6.92 Å². The fourth-order valence-electron chi connectivity index (χ4n) is 3.60. The third-order valence-electron chi connectivity index (χ3n) is 4.79. The molecule has 0 N–H and O–H groups in total. The van der Waals surface area contributed by atoms with Crippen molar-refractivity contribution in [3.8, 4) is 5.69 Å². The Morgan fingerprint density at radius 3 is 1.93 bits per heavy atom. The summed E-state index contributed by atoms with van der Waals surface area (Å²) in [5.41, 5.74) is 5.86. The maximum atomic E-state index is 3.83. The number of benzene rings is 3. The van der Waals surface area contributed by atoms with Gasteiger partial charge in [-0.1, -0.05) is 74.9 Å². The van der Waals surface area contributed by atoms with Gasteiger partial charge in [-0.05, 0) is 66.6 Å². The zero-order chi connectivity index (χ0) is 19.7. The van der Waals surface area contributed by atoms with E-state index < -0.39 is 0 Å². The van der Waals surface area contributed by atoms with Gasteiger partial charge < -0.3 is 4.57 Å². The molecule has 0 bridgehead atoms. The van der Waals surface area contributed by atoms with Crippen molar-refractivity contribution in [3.63, 3.8) is 0 Å². The van der Waals surface area contributed by atoms with Gasteiger partial charge in [0.1, 0.15) is 0 Å². The Kier molecular flexibility index (Phi) is 5.38. The number of allylic oxidation sites excluding steroid dienone is 5. The largest absolute Gasteiger partial charge is 0.309 e. The summed E-state index contributed by atoms with van der Waals surface area (Å²) in [5.74, 6) is 0. The van der Waals surface area contributed by atoms with Crippen LogP contribution in [-0.4, -0.2) is 4.57 Å². The van der Waals surface area contributed by atoms with Crippen molar-refractivity contribution in [3.05, 3.63) is 106 Å². The molecule has 0 fully saturated rings. The molecule has 4 aromatic rings. The van der Waals surface area contributed by atoms with Gasteiger partial charge in [0.2, 0.25) is 0 Å². The molecule has 4 rings (SSSR count). The van der Waals surface area contributed by atoms with Crippen molar-refractivity contribution in [1.82, 2.24) is 4.57 Å². The van der Waals surface area contributed by atoms with E-state index >= 15 is 0 Å². The van der Waals surface area contributed by atoms with E-state index in [0.717, 1.165) is 20.2 Å². The third-order valence-corrected chi connectivity index (χ3v) is 5.78. The van der Waals surface area contributed by atoms with E-state index in [1.165, 1.54) is 27.4 Å². The maximum absolute atomic E-state index is 3.83. The standard InChI is InChI=1S/C25H19Br2N/c1-3-5-17(6-4-2)18-7-11-21(12-8-18)28-24-13-9-19(26)15-22(24)23-16-20(27)10-14-25(23)28/h3-16H,1H2,2H3/b6-4-,17-5+. The van der Waals surface area contributed by atoms with Crippen molar-refractivity contribution < 1.29 is 0 Å². The van der Waals surface area contributed by atoms with Crippen LogP contribution in [-0.2, 0) is 0 Å². The van der Waals surface area contributed by atoms with E-state index in [-0.39, 0.29) is 0 Å². The summed E-state index contributed by atoms with van der Waals surface area (Å²) in [5, 5.41) is 2.46. The van der Waals surface area contributed by atoms with Gasteiger partial charge in [-0.15, -0.1) is 0 Å². The van der Waals surface area contributed by atoms with Crippen LogP contribution in [0.2, 0.25) is 0 Å². The number of hydrogen-bond donors (Lipinski definition) is 0. The second-order valence-corrected chi connectivity index (χ2v) is 8.39. The summed E-state index contributed by atoms with van der Waals surface area (Å²) < 4.78 is 4.49. The second-order valence-electron chi connectivity index (χ2n) is 6.56. The topological polar surface area (TPSA) is 4.93 Å². The fraction of sp³-hybridized carbons (Fsp3) is 0.0400. The van der Waals surface area contributed by atoms with Gasteiger partial charge in [-0.25, -0.2) is 0 Å². The molecule has 0 aliphatic rings. The molecule has 3 heteroatoms. The van der Waals surface area contributed by atoms with Crippen LogP contribution < -0.4 is 0 Å². The smallest absolute Gasteiger partial charge is 0.0541 e. The zero-order valence-electron chi connectivity index (χ0n) is 15.5. The van der Waals surface area contributed by atoms with E-state index in [0.29, 0.717) is 0 Å². The number of rotatable bonds is 4. The molecule has 1 nitrogen and oxygen atoms in total. The molecule has 0 amide bonds. The lowest BCUT2D eigenvalue weighted by Crippen LogP contribution is -1.94. The first-order valence-electron chi connectivity index (χ1n) is 9.08. The molecule has 1 heterocycles. The Morgan fingerprint density at radius 2 is 1.43 bits per heavy atom. The highest BCUT2D eigenvalue weighted by atomic mass is 79.9. The molecular weight excluding hydrogens is 474 g/mol. The molecule has 0 spiro atoms. The van der Waals surface area contributed by atoms with Crippen LogP contribution in [0.15, 0.2) is 100 Å². The van der Waals surface area contributed by atoms with Crippen molar-refractivity contribution >= 4 is 59.2 Å². The molecule has 0 atom stereocenters. The summed E-state index contributed by atoms with van der Waals surface area (Å²) in [6.45, 7) is 5.85. The normalized spacial score (nSPS) is 12.3. The van der Waals surface area contributed by atoms with E-state index in [2.05, 4.69) is 110 Å². The monoisotopic (exact) mass is 491 g/mol. The SMILES string of the molecule is C=C/C=C(\C=C/C)c1ccc(-n2c3ccc(Br)cc3c3cc(Br)ccc32)cc1. The second kappa shape index (κ2) is 7.94. The molecule has 0 saturated heterocycles. The summed E-state index contributed by atoms with van der Waals surface area (Å²) in [6.07, 6.45) is 8.01. The molecule has 0 saturated carbocycles. The quantitative estimate of drug-likeness (QED) is 0.252. The van der Waals surface area contributed by atoms with E-state index in [1.807, 2.05) is 25.2 Å². The van der Waals surface area contributed by atoms with Crippen molar-refractivity contribution in [2.24, 2.45) is 0 Å². The third kappa shape index (κ3) is 3.41. The molecule has 3 aromatic carbocycles. The highest BCUT2D eigenvalue weighted by Gasteiger charge is 2.13. The summed E-state index contributed by atoms with van der Waals surface area (Å²) in [7, 11) is 0. The van der Waals surface area contributed by atoms with Gasteiger partial charge in [0, 0.05) is 25.4 Å². The molecule has 0 radical (unpaired) electrons. The highest BCUT2D eigenvalue weighted by Crippen LogP contribution is 2.35. The fourth-order valence-corrected chi connectivity index (χ4v) is 4.33. The van der Waals surface area contributed by atoms with Gasteiger partial charge in [-0.2, -0.15) is 0 Å². The maximum Gasteiger partial charge on any atom is 0.0541 e. The van der Waals surface area contributed by atoms with Gasteiger partial charge >= 0.3 is 0 Å². The van der Waals surface area contributed by atoms with Crippen LogP contribution in [0.5, 0.6) is 0 Å². The molecular formula is C25H19Br2N. The van der Waals surface area contributed by atoms with E-state index in [9.17, 15) is 0 Å². The van der Waals surface area contributed by atoms with Crippen LogP contribution in [0, 0.1) is 0 Å². The zero-order valence-corrected chi connectivity index (χ0v) is 18.7. The molecule has 0 aliphatic heterocycles. The first-order chi connectivity index (χ1) is 13.6. The van der Waals surface area contributed by atoms with Crippen LogP contribution in [0.1, 0.15) is 12.5 Å². The lowest BCUT2D eigenvalue weighted by Gasteiger charge is -2.10. The van der Waals surface area contributed by atoms with Crippen LogP contribution in [0.4, 0.5) is 0 Å². The van der Waals surface area contributed by atoms with E-state index in [1.54, 1.807) is 0 Å². The Morgan fingerprint density at radius 1 is 0.857 bits per heavy atom. The van der Waals surface area contributed by atoms with Crippen molar-refractivity contribution in [1.29, 1.82) is 0 Å². The number of fused-ring (bicyclic) bond motifs is 3. The molecule has 0 aliphatic carbocycles. The minimum absolute atomic E-state index is 1.08. The van der Waals surface area contributed by atoms with Gasteiger partial charge in [0.25, 0.3) is 0 Å². The Hall–Kier alpha value is -2.36. The van der Waals surface area contributed by atoms with E-state index in [4.69, 9.17) is 0 Å². The first-order valence-corrected chi connectivity index (χ1v) is 10.7. The lowest BCUT2D eigenvalue weighted by atomic mass is 10.0. The van der Waals surface area contributed by atoms with Crippen LogP contribution >= 0.6 is 31.9 Å². The summed E-state index contributed by atoms with van der Waals surface area (Å²) in [6, 6.07) is 21.6. The Bertz CT molecular complexity index is 1180. The Labute approximate surface area is 181 Å². The predicted octanol–water partition coefficient (Wildman–Crippen LogP) is 8.45.